The molecule has 3 aromatic rings. The quantitative estimate of drug-likeness (QED) is 0.687. The standard InChI is InChI=1S/C22H20ClN5O/c23-17-5-3-16(4-6-17)20-13-21(27-26-20)22(29)25-18-9-11-28(12-10-18)19-7-1-15(14-24)2-8-19/h1-8,13,18H,9-12H2,(H,25,29)(H,26,27). The minimum absolute atomic E-state index is 0.124. The highest BCUT2D eigenvalue weighted by atomic mass is 35.5. The number of amides is 1. The van der Waals surface area contributed by atoms with Gasteiger partial charge in [-0.2, -0.15) is 10.4 Å². The minimum Gasteiger partial charge on any atom is -0.371 e. The van der Waals surface area contributed by atoms with Crippen LogP contribution in [0.3, 0.4) is 0 Å². The number of anilines is 1. The van der Waals surface area contributed by atoms with Crippen LogP contribution in [0, 0.1) is 11.3 Å². The number of rotatable bonds is 4. The number of carbonyl (C=O) groups is 1. The summed E-state index contributed by atoms with van der Waals surface area (Å²) in [6, 6.07) is 19.0. The molecular weight excluding hydrogens is 386 g/mol. The smallest absolute Gasteiger partial charge is 0.269 e. The van der Waals surface area contributed by atoms with Gasteiger partial charge in [-0.05, 0) is 55.3 Å². The molecule has 1 aliphatic heterocycles. The predicted octanol–water partition coefficient (Wildman–Crippen LogP) is 4.00. The van der Waals surface area contributed by atoms with Crippen molar-refractivity contribution in [2.45, 2.75) is 18.9 Å². The van der Waals surface area contributed by atoms with Gasteiger partial charge >= 0.3 is 0 Å². The number of aromatic amines is 1. The fourth-order valence-electron chi connectivity index (χ4n) is 3.50. The van der Waals surface area contributed by atoms with Gasteiger partial charge in [-0.1, -0.05) is 23.7 Å². The van der Waals surface area contributed by atoms with E-state index in [2.05, 4.69) is 26.5 Å². The molecule has 29 heavy (non-hydrogen) atoms. The second kappa shape index (κ2) is 8.38. The maximum absolute atomic E-state index is 12.6. The lowest BCUT2D eigenvalue weighted by atomic mass is 10.0. The largest absolute Gasteiger partial charge is 0.371 e. The topological polar surface area (TPSA) is 84.8 Å². The summed E-state index contributed by atoms with van der Waals surface area (Å²) in [7, 11) is 0. The molecule has 2 heterocycles. The molecule has 1 fully saturated rings. The Bertz CT molecular complexity index is 1030. The van der Waals surface area contributed by atoms with E-state index in [1.807, 2.05) is 36.4 Å². The average molecular weight is 406 g/mol. The van der Waals surface area contributed by atoms with Crippen molar-refractivity contribution >= 4 is 23.2 Å². The molecule has 2 N–H and O–H groups in total. The summed E-state index contributed by atoms with van der Waals surface area (Å²) in [5.41, 5.74) is 3.83. The van der Waals surface area contributed by atoms with Gasteiger partial charge in [0.15, 0.2) is 0 Å². The second-order valence-corrected chi connectivity index (χ2v) is 7.50. The number of aromatic nitrogens is 2. The number of nitrogens with zero attached hydrogens (tertiary/aromatic N) is 3. The van der Waals surface area contributed by atoms with Gasteiger partial charge in [-0.25, -0.2) is 0 Å². The Kier molecular flexibility index (Phi) is 5.50. The van der Waals surface area contributed by atoms with Crippen LogP contribution in [0.15, 0.2) is 54.6 Å². The van der Waals surface area contributed by atoms with Crippen LogP contribution in [0.4, 0.5) is 5.69 Å². The van der Waals surface area contributed by atoms with Gasteiger partial charge in [0, 0.05) is 35.4 Å². The van der Waals surface area contributed by atoms with Crippen LogP contribution in [-0.4, -0.2) is 35.2 Å². The van der Waals surface area contributed by atoms with Crippen molar-refractivity contribution in [3.8, 4) is 17.3 Å². The van der Waals surface area contributed by atoms with Crippen LogP contribution in [0.25, 0.3) is 11.3 Å². The van der Waals surface area contributed by atoms with E-state index in [9.17, 15) is 4.79 Å². The summed E-state index contributed by atoms with van der Waals surface area (Å²) in [4.78, 5) is 14.9. The zero-order valence-corrected chi connectivity index (χ0v) is 16.5. The van der Waals surface area contributed by atoms with Gasteiger partial charge in [0.05, 0.1) is 17.3 Å². The van der Waals surface area contributed by atoms with Gasteiger partial charge < -0.3 is 10.2 Å². The summed E-state index contributed by atoms with van der Waals surface area (Å²) >= 11 is 5.92. The molecule has 1 amide bonds. The number of carbonyl (C=O) groups excluding carboxylic acids is 1. The number of nitriles is 1. The third-order valence-electron chi connectivity index (χ3n) is 5.15. The van der Waals surface area contributed by atoms with Crippen molar-refractivity contribution in [3.63, 3.8) is 0 Å². The van der Waals surface area contributed by atoms with Crippen molar-refractivity contribution in [2.75, 3.05) is 18.0 Å². The number of nitrogens with one attached hydrogen (secondary N) is 2. The molecule has 2 aromatic carbocycles. The zero-order chi connectivity index (χ0) is 20.2. The first-order valence-corrected chi connectivity index (χ1v) is 9.87. The van der Waals surface area contributed by atoms with Crippen LogP contribution in [0.2, 0.25) is 5.02 Å². The highest BCUT2D eigenvalue weighted by Gasteiger charge is 2.22. The SMILES string of the molecule is N#Cc1ccc(N2CCC(NC(=O)c3cc(-c4ccc(Cl)cc4)n[nH]3)CC2)cc1. The van der Waals surface area contributed by atoms with E-state index < -0.39 is 0 Å². The van der Waals surface area contributed by atoms with Crippen molar-refractivity contribution in [1.82, 2.24) is 15.5 Å². The number of H-pyrrole nitrogens is 1. The van der Waals surface area contributed by atoms with E-state index in [1.54, 1.807) is 18.2 Å². The fraction of sp³-hybridized carbons (Fsp3) is 0.227. The third kappa shape index (κ3) is 4.41. The van der Waals surface area contributed by atoms with E-state index >= 15 is 0 Å². The summed E-state index contributed by atoms with van der Waals surface area (Å²) in [6.07, 6.45) is 1.73. The maximum Gasteiger partial charge on any atom is 0.269 e. The summed E-state index contributed by atoms with van der Waals surface area (Å²) in [5, 5.41) is 19.7. The van der Waals surface area contributed by atoms with Gasteiger partial charge in [0.1, 0.15) is 5.69 Å². The summed E-state index contributed by atoms with van der Waals surface area (Å²) in [6.45, 7) is 1.71. The van der Waals surface area contributed by atoms with Crippen molar-refractivity contribution in [3.05, 3.63) is 70.9 Å². The van der Waals surface area contributed by atoms with Gasteiger partial charge in [-0.15, -0.1) is 0 Å². The predicted molar refractivity (Wildman–Crippen MR) is 113 cm³/mol. The zero-order valence-electron chi connectivity index (χ0n) is 15.7. The number of piperidine rings is 1. The monoisotopic (exact) mass is 405 g/mol. The van der Waals surface area contributed by atoms with Crippen LogP contribution in [-0.2, 0) is 0 Å². The molecule has 0 unspecified atom stereocenters. The molecule has 7 heteroatoms. The lowest BCUT2D eigenvalue weighted by Crippen LogP contribution is -2.44. The van der Waals surface area contributed by atoms with E-state index in [4.69, 9.17) is 16.9 Å². The molecule has 0 atom stereocenters. The molecule has 0 spiro atoms. The molecule has 1 aliphatic rings. The fourth-order valence-corrected chi connectivity index (χ4v) is 3.62. The number of halogens is 1. The van der Waals surface area contributed by atoms with Crippen molar-refractivity contribution in [1.29, 1.82) is 5.26 Å². The number of benzene rings is 2. The van der Waals surface area contributed by atoms with Gasteiger partial charge in [0.2, 0.25) is 0 Å². The lowest BCUT2D eigenvalue weighted by Gasteiger charge is -2.33. The Hall–Kier alpha value is -3.30. The first-order valence-electron chi connectivity index (χ1n) is 9.50. The highest BCUT2D eigenvalue weighted by Crippen LogP contribution is 2.22. The van der Waals surface area contributed by atoms with E-state index in [0.717, 1.165) is 37.2 Å². The average Bonchev–Trinajstić information content (AvgIpc) is 3.25. The van der Waals surface area contributed by atoms with Crippen LogP contribution >= 0.6 is 11.6 Å². The lowest BCUT2D eigenvalue weighted by molar-refractivity contribution is 0.0926. The maximum atomic E-state index is 12.6. The second-order valence-electron chi connectivity index (χ2n) is 7.07. The van der Waals surface area contributed by atoms with E-state index in [-0.39, 0.29) is 11.9 Å². The third-order valence-corrected chi connectivity index (χ3v) is 5.41. The summed E-state index contributed by atoms with van der Waals surface area (Å²) < 4.78 is 0. The molecule has 4 rings (SSSR count). The Labute approximate surface area is 174 Å². The summed E-state index contributed by atoms with van der Waals surface area (Å²) in [5.74, 6) is -0.144. The molecule has 1 saturated heterocycles. The van der Waals surface area contributed by atoms with Crippen molar-refractivity contribution < 1.29 is 4.79 Å². The first-order chi connectivity index (χ1) is 14.1. The molecular formula is C22H20ClN5O. The Morgan fingerprint density at radius 1 is 1.14 bits per heavy atom. The minimum atomic E-state index is -0.144. The first kappa shape index (κ1) is 19.0. The van der Waals surface area contributed by atoms with Crippen LogP contribution in [0.5, 0.6) is 0 Å². The van der Waals surface area contributed by atoms with E-state index in [0.29, 0.717) is 22.0 Å². The van der Waals surface area contributed by atoms with Crippen LogP contribution < -0.4 is 10.2 Å². The van der Waals surface area contributed by atoms with Gasteiger partial charge in [-0.3, -0.25) is 9.89 Å². The van der Waals surface area contributed by atoms with Crippen molar-refractivity contribution in [2.24, 2.45) is 0 Å². The van der Waals surface area contributed by atoms with Crippen LogP contribution in [0.1, 0.15) is 28.9 Å². The Morgan fingerprint density at radius 2 is 1.83 bits per heavy atom. The normalized spacial score (nSPS) is 14.4. The Morgan fingerprint density at radius 3 is 2.48 bits per heavy atom. The molecule has 1 aromatic heterocycles. The molecule has 0 saturated carbocycles. The molecule has 0 radical (unpaired) electrons. The highest BCUT2D eigenvalue weighted by molar-refractivity contribution is 6.30. The van der Waals surface area contributed by atoms with E-state index in [1.165, 1.54) is 0 Å². The number of hydrogen-bond donors (Lipinski definition) is 2. The molecule has 6 nitrogen and oxygen atoms in total. The Balaban J connectivity index is 1.33. The molecule has 0 aliphatic carbocycles. The number of hydrogen-bond acceptors (Lipinski definition) is 4. The molecule has 0 bridgehead atoms. The molecule has 146 valence electrons. The van der Waals surface area contributed by atoms with Gasteiger partial charge in [0.25, 0.3) is 5.91 Å².